The molecule has 2 aromatic carbocycles. The first kappa shape index (κ1) is 28.2. The highest BCUT2D eigenvalue weighted by molar-refractivity contribution is 8.24. The van der Waals surface area contributed by atoms with E-state index in [1.54, 1.807) is 69.3 Å². The third-order valence-corrected chi connectivity index (χ3v) is 7.72. The Hall–Kier alpha value is -3.41. The van der Waals surface area contributed by atoms with Crippen molar-refractivity contribution in [3.63, 3.8) is 0 Å². The summed E-state index contributed by atoms with van der Waals surface area (Å²) >= 11 is 0. The molecule has 0 fully saturated rings. The van der Waals surface area contributed by atoms with Crippen molar-refractivity contribution in [3.05, 3.63) is 83.6 Å². The van der Waals surface area contributed by atoms with Crippen LogP contribution in [0.1, 0.15) is 37.6 Å². The van der Waals surface area contributed by atoms with Crippen molar-refractivity contribution < 1.29 is 31.9 Å². The van der Waals surface area contributed by atoms with Crippen molar-refractivity contribution in [1.82, 2.24) is 4.98 Å². The molecule has 3 rings (SSSR count). The Bertz CT molecular complexity index is 1260. The van der Waals surface area contributed by atoms with Crippen molar-refractivity contribution in [2.75, 3.05) is 16.4 Å². The van der Waals surface area contributed by atoms with Gasteiger partial charge in [0.1, 0.15) is 16.4 Å². The summed E-state index contributed by atoms with van der Waals surface area (Å²) in [5.41, 5.74) is -0.367. The Morgan fingerprint density at radius 2 is 1.59 bits per heavy atom. The number of aromatic nitrogens is 1. The van der Waals surface area contributed by atoms with Crippen LogP contribution in [0, 0.1) is 0 Å². The summed E-state index contributed by atoms with van der Waals surface area (Å²) < 4.78 is 56.8. The van der Waals surface area contributed by atoms with Gasteiger partial charge in [-0.1, -0.05) is 40.9 Å². The summed E-state index contributed by atoms with van der Waals surface area (Å²) in [6.45, 7) is 5.01. The molecule has 3 aromatic rings. The van der Waals surface area contributed by atoms with E-state index in [1.165, 1.54) is 12.1 Å². The number of amides is 2. The number of nitrogens with one attached hydrogen (secondary N) is 2. The van der Waals surface area contributed by atoms with Gasteiger partial charge in [0.05, 0.1) is 17.6 Å². The van der Waals surface area contributed by atoms with E-state index in [0.29, 0.717) is 21.9 Å². The first-order valence-corrected chi connectivity index (χ1v) is 13.1. The second-order valence-electron chi connectivity index (χ2n) is 8.92. The fraction of sp³-hybridized carbons (Fsp3) is 0.269. The van der Waals surface area contributed by atoms with Crippen molar-refractivity contribution in [1.29, 1.82) is 0 Å². The topological polar surface area (TPSA) is 114 Å². The number of benzene rings is 2. The molecule has 0 bridgehead atoms. The van der Waals surface area contributed by atoms with Gasteiger partial charge in [-0.15, -0.1) is 0 Å². The minimum absolute atomic E-state index is 0.0950. The number of hydrogen-bond donors (Lipinski definition) is 3. The molecular formula is C26H29F3N3O4S+. The first-order chi connectivity index (χ1) is 17.2. The van der Waals surface area contributed by atoms with E-state index in [2.05, 4.69) is 15.6 Å². The highest BCUT2D eigenvalue weighted by Crippen LogP contribution is 2.47. The van der Waals surface area contributed by atoms with Crippen LogP contribution in [0.25, 0.3) is 0 Å². The van der Waals surface area contributed by atoms with Gasteiger partial charge in [0, 0.05) is 5.69 Å². The lowest BCUT2D eigenvalue weighted by atomic mass is 9.83. The summed E-state index contributed by atoms with van der Waals surface area (Å²) in [5.74, 6) is -0.682. The second-order valence-corrected chi connectivity index (χ2v) is 11.4. The van der Waals surface area contributed by atoms with E-state index in [4.69, 9.17) is 4.55 Å². The number of halogens is 3. The van der Waals surface area contributed by atoms with Crippen LogP contribution >= 0.6 is 10.6 Å². The van der Waals surface area contributed by atoms with Gasteiger partial charge in [0.2, 0.25) is 11.8 Å². The fourth-order valence-corrected chi connectivity index (χ4v) is 4.35. The molecule has 0 spiro atoms. The van der Waals surface area contributed by atoms with Gasteiger partial charge in [-0.05, 0) is 68.3 Å². The van der Waals surface area contributed by atoms with Crippen LogP contribution in [0.2, 0.25) is 0 Å². The van der Waals surface area contributed by atoms with Crippen molar-refractivity contribution >= 4 is 33.9 Å². The zero-order valence-electron chi connectivity index (χ0n) is 20.5. The Morgan fingerprint density at radius 3 is 2.16 bits per heavy atom. The zero-order chi connectivity index (χ0) is 27.4. The molecule has 1 atom stereocenters. The quantitative estimate of drug-likeness (QED) is 0.330. The summed E-state index contributed by atoms with van der Waals surface area (Å²) in [6.07, 6.45) is -4.53. The van der Waals surface area contributed by atoms with Crippen LogP contribution in [0.5, 0.6) is 0 Å². The molecule has 0 aliphatic rings. The molecule has 11 heteroatoms. The maximum atomic E-state index is 12.9. The van der Waals surface area contributed by atoms with Crippen LogP contribution in [0.3, 0.4) is 0 Å². The van der Waals surface area contributed by atoms with E-state index < -0.39 is 33.8 Å². The van der Waals surface area contributed by atoms with Gasteiger partial charge in [-0.2, -0.15) is 13.2 Å². The third kappa shape index (κ3) is 7.09. The molecule has 1 heterocycles. The number of nitrogens with zero attached hydrogens (tertiary/aromatic N) is 1. The average molecular weight is 537 g/mol. The molecule has 1 aromatic heterocycles. The fourth-order valence-electron chi connectivity index (χ4n) is 3.43. The van der Waals surface area contributed by atoms with Gasteiger partial charge in [0.25, 0.3) is 0 Å². The standard InChI is InChI=1S/C26H28F3N3O4S/c1-4-37(35,36)20-14-8-17(9-15-20)16-23(33)30-19-12-10-18(11-13-19)25(2,3)24(34)32-22-7-5-6-21(31-22)26(27,28)29/h5-15,35-36H,4,16H2,1-3H3,(H,30,33)(H,31,32,34)/p+1. The molecular weight excluding hydrogens is 507 g/mol. The SMILES string of the molecule is CCS(O)([OH2+])c1ccc(CC(=O)Nc2ccc(C(C)(C)C(=O)Nc3cccc(C(F)(F)F)n3)cc2)cc1. The van der Waals surface area contributed by atoms with E-state index >= 15 is 0 Å². The Labute approximate surface area is 214 Å². The number of alkyl halides is 3. The Morgan fingerprint density at radius 1 is 0.973 bits per heavy atom. The zero-order valence-corrected chi connectivity index (χ0v) is 21.3. The van der Waals surface area contributed by atoms with Crippen LogP contribution in [-0.4, -0.2) is 31.7 Å². The van der Waals surface area contributed by atoms with E-state index in [1.807, 2.05) is 0 Å². The van der Waals surface area contributed by atoms with Crippen LogP contribution in [0.4, 0.5) is 24.7 Å². The number of rotatable bonds is 8. The van der Waals surface area contributed by atoms with Crippen molar-refractivity contribution in [2.45, 2.75) is 43.7 Å². The van der Waals surface area contributed by atoms with E-state index in [-0.39, 0.29) is 18.1 Å². The molecule has 198 valence electrons. The highest BCUT2D eigenvalue weighted by atomic mass is 32.3. The summed E-state index contributed by atoms with van der Waals surface area (Å²) in [4.78, 5) is 29.3. The normalized spacial score (nSPS) is 14.4. The number of anilines is 2. The second kappa shape index (κ2) is 10.9. The summed E-state index contributed by atoms with van der Waals surface area (Å²) in [7, 11) is -2.57. The predicted octanol–water partition coefficient (Wildman–Crippen LogP) is 5.49. The van der Waals surface area contributed by atoms with Crippen LogP contribution < -0.4 is 10.6 Å². The molecule has 0 saturated heterocycles. The smallest absolute Gasteiger partial charge is 0.326 e. The first-order valence-electron chi connectivity index (χ1n) is 11.4. The van der Waals surface area contributed by atoms with Crippen LogP contribution in [0.15, 0.2) is 71.6 Å². The maximum Gasteiger partial charge on any atom is 0.433 e. The molecule has 0 saturated carbocycles. The summed E-state index contributed by atoms with van der Waals surface area (Å²) in [5, 5.41) is 5.22. The molecule has 0 aliphatic carbocycles. The van der Waals surface area contributed by atoms with Gasteiger partial charge >= 0.3 is 6.18 Å². The molecule has 5 N–H and O–H groups in total. The lowest BCUT2D eigenvalue weighted by Gasteiger charge is -2.26. The third-order valence-electron chi connectivity index (χ3n) is 5.83. The Balaban J connectivity index is 1.63. The van der Waals surface area contributed by atoms with Crippen LogP contribution in [-0.2, 0) is 27.6 Å². The predicted molar refractivity (Wildman–Crippen MR) is 139 cm³/mol. The van der Waals surface area contributed by atoms with Crippen molar-refractivity contribution in [2.24, 2.45) is 0 Å². The van der Waals surface area contributed by atoms with E-state index in [0.717, 1.165) is 11.6 Å². The van der Waals surface area contributed by atoms with Gasteiger partial charge in [0.15, 0.2) is 0 Å². The lowest BCUT2D eigenvalue weighted by Crippen LogP contribution is -2.35. The monoisotopic (exact) mass is 536 g/mol. The Kier molecular flexibility index (Phi) is 8.31. The molecule has 0 radical (unpaired) electrons. The molecule has 0 aliphatic heterocycles. The number of carbonyl (C=O) groups is 2. The maximum absolute atomic E-state index is 12.9. The van der Waals surface area contributed by atoms with E-state index in [9.17, 15) is 27.3 Å². The van der Waals surface area contributed by atoms with Gasteiger partial charge in [-0.25, -0.2) is 4.98 Å². The van der Waals surface area contributed by atoms with Gasteiger partial charge in [-0.3, -0.25) is 14.1 Å². The van der Waals surface area contributed by atoms with Crippen molar-refractivity contribution in [3.8, 4) is 0 Å². The summed E-state index contributed by atoms with van der Waals surface area (Å²) in [6, 6.07) is 16.6. The highest BCUT2D eigenvalue weighted by Gasteiger charge is 2.34. The molecule has 37 heavy (non-hydrogen) atoms. The minimum Gasteiger partial charge on any atom is -0.326 e. The van der Waals surface area contributed by atoms with Gasteiger partial charge < -0.3 is 15.2 Å². The number of hydrogen-bond acceptors (Lipinski definition) is 4. The minimum atomic E-state index is -4.62. The molecule has 1 unspecified atom stereocenters. The number of pyridine rings is 1. The molecule has 2 amide bonds. The largest absolute Gasteiger partial charge is 0.433 e. The molecule has 7 nitrogen and oxygen atoms in total. The number of carbonyl (C=O) groups excluding carboxylic acids is 2. The average Bonchev–Trinajstić information content (AvgIpc) is 2.84. The lowest BCUT2D eigenvalue weighted by molar-refractivity contribution is -0.141.